The highest BCUT2D eigenvalue weighted by Crippen LogP contribution is 2.55. The van der Waals surface area contributed by atoms with E-state index in [-0.39, 0.29) is 25.5 Å². The number of carboxylic acids is 1. The number of carbonyl (C=O) groups is 3. The molecule has 3 N–H and O–H groups in total. The second-order valence-corrected chi connectivity index (χ2v) is 9.40. The third-order valence-electron chi connectivity index (χ3n) is 7.24. The Hall–Kier alpha value is -3.49. The quantitative estimate of drug-likeness (QED) is 0.497. The molecule has 2 aliphatic carbocycles. The minimum atomic E-state index is -3.29. The molecule has 2 aliphatic rings. The zero-order chi connectivity index (χ0) is 25.4. The second-order valence-electron chi connectivity index (χ2n) is 9.40. The molecule has 7 nitrogen and oxygen atoms in total. The number of carbonyl (C=O) groups excluding carboxylic acids is 2. The maximum Gasteiger partial charge on any atom is 0.407 e. The minimum Gasteiger partial charge on any atom is -0.481 e. The van der Waals surface area contributed by atoms with E-state index in [1.807, 2.05) is 48.5 Å². The lowest BCUT2D eigenvalue weighted by molar-refractivity contribution is -0.148. The number of ether oxygens (including phenoxy) is 1. The molecule has 4 rings (SSSR count). The average Bonchev–Trinajstić information content (AvgIpc) is 3.25. The predicted molar refractivity (Wildman–Crippen MR) is 124 cm³/mol. The maximum absolute atomic E-state index is 14.2. The maximum atomic E-state index is 14.2. The molecule has 0 aliphatic heterocycles. The van der Waals surface area contributed by atoms with Gasteiger partial charge in [0.1, 0.15) is 12.5 Å². The number of alkyl halides is 2. The summed E-state index contributed by atoms with van der Waals surface area (Å²) in [5.41, 5.74) is 2.98. The number of hydrogen-bond acceptors (Lipinski definition) is 4. The number of hydrogen-bond donors (Lipinski definition) is 3. The molecule has 1 saturated carbocycles. The van der Waals surface area contributed by atoms with Gasteiger partial charge in [0.15, 0.2) is 0 Å². The van der Waals surface area contributed by atoms with Crippen LogP contribution in [0, 0.1) is 17.3 Å². The van der Waals surface area contributed by atoms with Crippen molar-refractivity contribution in [2.24, 2.45) is 17.3 Å². The Bertz CT molecular complexity index is 1110. The van der Waals surface area contributed by atoms with Crippen molar-refractivity contribution in [1.29, 1.82) is 0 Å². The van der Waals surface area contributed by atoms with Crippen LogP contribution in [-0.4, -0.2) is 48.7 Å². The van der Waals surface area contributed by atoms with Crippen molar-refractivity contribution in [2.75, 3.05) is 19.7 Å². The van der Waals surface area contributed by atoms with Gasteiger partial charge in [0, 0.05) is 19.0 Å². The van der Waals surface area contributed by atoms with Crippen molar-refractivity contribution in [2.45, 2.75) is 32.1 Å². The molecule has 2 aromatic rings. The summed E-state index contributed by atoms with van der Waals surface area (Å²) >= 11 is 0. The largest absolute Gasteiger partial charge is 0.481 e. The van der Waals surface area contributed by atoms with Gasteiger partial charge in [-0.3, -0.25) is 9.59 Å². The summed E-state index contributed by atoms with van der Waals surface area (Å²) in [4.78, 5) is 35.9. The van der Waals surface area contributed by atoms with Crippen molar-refractivity contribution in [3.63, 3.8) is 0 Å². The molecule has 3 atom stereocenters. The number of alkyl carbamates (subject to hydrolysis) is 1. The molecule has 2 aromatic carbocycles. The van der Waals surface area contributed by atoms with Crippen LogP contribution in [0.4, 0.5) is 13.6 Å². The van der Waals surface area contributed by atoms with Crippen molar-refractivity contribution < 1.29 is 33.0 Å². The van der Waals surface area contributed by atoms with Crippen LogP contribution in [0.15, 0.2) is 48.5 Å². The molecule has 0 radical (unpaired) electrons. The highest BCUT2D eigenvalue weighted by Gasteiger charge is 2.71. The van der Waals surface area contributed by atoms with Crippen LogP contribution < -0.4 is 10.6 Å². The Labute approximate surface area is 201 Å². The fraction of sp³-hybridized carbons (Fsp3) is 0.423. The van der Waals surface area contributed by atoms with Crippen LogP contribution in [0.5, 0.6) is 0 Å². The van der Waals surface area contributed by atoms with Gasteiger partial charge in [0.2, 0.25) is 5.91 Å². The van der Waals surface area contributed by atoms with Crippen molar-refractivity contribution in [3.05, 3.63) is 59.7 Å². The highest BCUT2D eigenvalue weighted by molar-refractivity contribution is 5.85. The number of nitrogens with one attached hydrogen (secondary N) is 2. The first-order valence-electron chi connectivity index (χ1n) is 11.6. The molecule has 3 unspecified atom stereocenters. The van der Waals surface area contributed by atoms with Gasteiger partial charge in [-0.15, -0.1) is 0 Å². The van der Waals surface area contributed by atoms with E-state index in [2.05, 4.69) is 10.6 Å². The van der Waals surface area contributed by atoms with Crippen LogP contribution in [0.2, 0.25) is 0 Å². The normalized spacial score (nSPS) is 21.3. The lowest BCUT2D eigenvalue weighted by Gasteiger charge is -2.23. The third-order valence-corrected chi connectivity index (χ3v) is 7.24. The first-order chi connectivity index (χ1) is 16.6. The molecule has 0 heterocycles. The molecule has 9 heteroatoms. The summed E-state index contributed by atoms with van der Waals surface area (Å²) in [6, 6.07) is 15.7. The molecular weight excluding hydrogens is 458 g/mol. The summed E-state index contributed by atoms with van der Waals surface area (Å²) in [7, 11) is 0. The topological polar surface area (TPSA) is 105 Å². The lowest BCUT2D eigenvalue weighted by atomic mass is 9.87. The van der Waals surface area contributed by atoms with E-state index in [1.54, 1.807) is 6.92 Å². The molecule has 0 aromatic heterocycles. The second kappa shape index (κ2) is 9.28. The molecule has 0 bridgehead atoms. The Morgan fingerprint density at radius 2 is 1.60 bits per heavy atom. The Morgan fingerprint density at radius 1 is 1.03 bits per heavy atom. The van der Waals surface area contributed by atoms with Crippen molar-refractivity contribution >= 4 is 18.0 Å². The van der Waals surface area contributed by atoms with Gasteiger partial charge in [-0.05, 0) is 35.6 Å². The summed E-state index contributed by atoms with van der Waals surface area (Å²) in [5.74, 6) is -8.47. The minimum absolute atomic E-state index is 0.0512. The summed E-state index contributed by atoms with van der Waals surface area (Å²) in [6.07, 6.45) is -0.602. The lowest BCUT2D eigenvalue weighted by Crippen LogP contribution is -2.41. The first-order valence-corrected chi connectivity index (χ1v) is 11.6. The molecule has 35 heavy (non-hydrogen) atoms. The van der Waals surface area contributed by atoms with Crippen LogP contribution in [0.1, 0.15) is 37.3 Å². The average molecular weight is 487 g/mol. The van der Waals surface area contributed by atoms with Crippen LogP contribution >= 0.6 is 0 Å². The Balaban J connectivity index is 1.29. The van der Waals surface area contributed by atoms with Gasteiger partial charge in [0.05, 0.1) is 11.3 Å². The van der Waals surface area contributed by atoms with Gasteiger partial charge >= 0.3 is 12.1 Å². The zero-order valence-electron chi connectivity index (χ0n) is 19.5. The molecule has 0 spiro atoms. The van der Waals surface area contributed by atoms with E-state index in [1.165, 1.54) is 6.92 Å². The molecular formula is C26H28F2N2O5. The number of aliphatic carboxylic acids is 1. The van der Waals surface area contributed by atoms with Gasteiger partial charge in [0.25, 0.3) is 5.92 Å². The van der Waals surface area contributed by atoms with Crippen LogP contribution in [0.25, 0.3) is 11.1 Å². The summed E-state index contributed by atoms with van der Waals surface area (Å²) in [6.45, 7) is 2.46. The van der Waals surface area contributed by atoms with E-state index >= 15 is 0 Å². The Kier molecular flexibility index (Phi) is 6.53. The van der Waals surface area contributed by atoms with Crippen molar-refractivity contribution in [3.8, 4) is 11.1 Å². The smallest absolute Gasteiger partial charge is 0.407 e. The SMILES string of the molecule is CCC(C)(CNC(=O)C1C(CNC(=O)OCC2c3ccccc3-c3ccccc32)C1(F)F)C(=O)O. The van der Waals surface area contributed by atoms with Crippen LogP contribution in [0.3, 0.4) is 0 Å². The van der Waals surface area contributed by atoms with E-state index in [4.69, 9.17) is 4.74 Å². The van der Waals surface area contributed by atoms with E-state index in [0.29, 0.717) is 0 Å². The Morgan fingerprint density at radius 3 is 2.14 bits per heavy atom. The number of benzene rings is 2. The van der Waals surface area contributed by atoms with E-state index < -0.39 is 47.7 Å². The number of halogens is 2. The molecule has 186 valence electrons. The van der Waals surface area contributed by atoms with E-state index in [9.17, 15) is 28.3 Å². The van der Waals surface area contributed by atoms with Gasteiger partial charge in [-0.2, -0.15) is 0 Å². The van der Waals surface area contributed by atoms with E-state index in [0.717, 1.165) is 22.3 Å². The molecule has 0 saturated heterocycles. The molecule has 2 amide bonds. The summed E-state index contributed by atoms with van der Waals surface area (Å²) in [5, 5.41) is 13.9. The van der Waals surface area contributed by atoms with Gasteiger partial charge in [-0.1, -0.05) is 55.5 Å². The van der Waals surface area contributed by atoms with Crippen molar-refractivity contribution in [1.82, 2.24) is 10.6 Å². The van der Waals surface area contributed by atoms with Gasteiger partial charge in [-0.25, -0.2) is 13.6 Å². The number of carboxylic acid groups (broad SMARTS) is 1. The standard InChI is InChI=1S/C26H28F2N2O5/c1-3-25(2,23(32)33)14-30-22(31)21-20(26(21,27)28)12-29-24(34)35-13-19-17-10-6-4-8-15(17)16-9-5-7-11-18(16)19/h4-11,19-21H,3,12-14H2,1-2H3,(H,29,34)(H,30,31)(H,32,33). The fourth-order valence-corrected chi connectivity index (χ4v) is 4.59. The third kappa shape index (κ3) is 4.59. The molecule has 1 fully saturated rings. The van der Waals surface area contributed by atoms with Crippen LogP contribution in [-0.2, 0) is 14.3 Å². The monoisotopic (exact) mass is 486 g/mol. The zero-order valence-corrected chi connectivity index (χ0v) is 19.5. The number of fused-ring (bicyclic) bond motifs is 3. The summed E-state index contributed by atoms with van der Waals surface area (Å²) < 4.78 is 33.8. The fourth-order valence-electron chi connectivity index (χ4n) is 4.59. The first kappa shape index (κ1) is 24.6. The highest BCUT2D eigenvalue weighted by atomic mass is 19.3. The van der Waals surface area contributed by atoms with Gasteiger partial charge < -0.3 is 20.5 Å². The number of rotatable bonds is 9. The predicted octanol–water partition coefficient (Wildman–Crippen LogP) is 4.02. The number of amides is 2.